The van der Waals surface area contributed by atoms with Crippen LogP contribution in [0.5, 0.6) is 5.75 Å². The first kappa shape index (κ1) is 11.6. The molecular formula is C12H13BrO3. The predicted molar refractivity (Wildman–Crippen MR) is 63.6 cm³/mol. The van der Waals surface area contributed by atoms with Crippen molar-refractivity contribution in [2.75, 3.05) is 13.7 Å². The summed E-state index contributed by atoms with van der Waals surface area (Å²) in [6.45, 7) is 0.516. The number of rotatable bonds is 2. The highest BCUT2D eigenvalue weighted by Crippen LogP contribution is 2.33. The summed E-state index contributed by atoms with van der Waals surface area (Å²) in [6.07, 6.45) is 0.872. The molecule has 0 saturated carbocycles. The van der Waals surface area contributed by atoms with Crippen LogP contribution < -0.4 is 4.74 Å². The van der Waals surface area contributed by atoms with Crippen molar-refractivity contribution in [3.8, 4) is 5.75 Å². The second-order valence-electron chi connectivity index (χ2n) is 3.74. The number of ketones is 1. The molecule has 1 unspecified atom stereocenters. The lowest BCUT2D eigenvalue weighted by atomic mass is 10.0. The number of hydrogen-bond acceptors (Lipinski definition) is 3. The molecule has 1 aliphatic rings. The molecular weight excluding hydrogens is 272 g/mol. The summed E-state index contributed by atoms with van der Waals surface area (Å²) in [7, 11) is 1.63. The number of methoxy groups -OCH3 is 1. The van der Waals surface area contributed by atoms with Crippen LogP contribution in [0.3, 0.4) is 0 Å². The lowest BCUT2D eigenvalue weighted by molar-refractivity contribution is -0.128. The number of Topliss-reactive ketones (excluding diaryl/α,β-unsaturated/α-hetero) is 1. The maximum Gasteiger partial charge on any atom is 0.138 e. The molecule has 0 amide bonds. The van der Waals surface area contributed by atoms with Crippen molar-refractivity contribution in [1.82, 2.24) is 0 Å². The van der Waals surface area contributed by atoms with Gasteiger partial charge in [-0.1, -0.05) is 22.0 Å². The minimum atomic E-state index is -0.124. The molecule has 1 aromatic rings. The first-order chi connectivity index (χ1) is 7.70. The van der Waals surface area contributed by atoms with Crippen LogP contribution in [0.4, 0.5) is 0 Å². The Bertz CT molecular complexity index is 403. The summed E-state index contributed by atoms with van der Waals surface area (Å²) in [5.41, 5.74) is 1.01. The monoisotopic (exact) mass is 284 g/mol. The zero-order valence-corrected chi connectivity index (χ0v) is 10.6. The molecule has 3 nitrogen and oxygen atoms in total. The van der Waals surface area contributed by atoms with Crippen LogP contribution in [0.1, 0.15) is 24.5 Å². The van der Waals surface area contributed by atoms with Gasteiger partial charge in [0.1, 0.15) is 11.5 Å². The first-order valence-electron chi connectivity index (χ1n) is 5.17. The van der Waals surface area contributed by atoms with Gasteiger partial charge in [0.2, 0.25) is 0 Å². The number of carbonyl (C=O) groups is 1. The summed E-state index contributed by atoms with van der Waals surface area (Å²) < 4.78 is 11.6. The predicted octanol–water partition coefficient (Wildman–Crippen LogP) is 2.88. The average molecular weight is 285 g/mol. The van der Waals surface area contributed by atoms with Crippen molar-refractivity contribution in [1.29, 1.82) is 0 Å². The topological polar surface area (TPSA) is 35.5 Å². The molecule has 1 saturated heterocycles. The molecule has 1 fully saturated rings. The van der Waals surface area contributed by atoms with E-state index in [2.05, 4.69) is 15.9 Å². The second-order valence-corrected chi connectivity index (χ2v) is 4.59. The summed E-state index contributed by atoms with van der Waals surface area (Å²) >= 11 is 3.47. The average Bonchev–Trinajstić information content (AvgIpc) is 2.28. The Balaban J connectivity index is 2.22. The summed E-state index contributed by atoms with van der Waals surface area (Å²) in [5, 5.41) is 0. The molecule has 0 aromatic heterocycles. The summed E-state index contributed by atoms with van der Waals surface area (Å²) in [4.78, 5) is 11.4. The van der Waals surface area contributed by atoms with Crippen molar-refractivity contribution in [2.45, 2.75) is 18.9 Å². The molecule has 0 N–H and O–H groups in total. The minimum Gasteiger partial charge on any atom is -0.497 e. The minimum absolute atomic E-state index is 0.124. The second kappa shape index (κ2) is 4.97. The Morgan fingerprint density at radius 3 is 2.94 bits per heavy atom. The Morgan fingerprint density at radius 2 is 2.31 bits per heavy atom. The van der Waals surface area contributed by atoms with E-state index >= 15 is 0 Å². The van der Waals surface area contributed by atoms with Crippen LogP contribution in [0.25, 0.3) is 0 Å². The number of ether oxygens (including phenoxy) is 2. The van der Waals surface area contributed by atoms with Gasteiger partial charge in [0.25, 0.3) is 0 Å². The Kier molecular flexibility index (Phi) is 3.61. The van der Waals surface area contributed by atoms with Gasteiger partial charge in [0.15, 0.2) is 0 Å². The highest BCUT2D eigenvalue weighted by Gasteiger charge is 2.23. The largest absolute Gasteiger partial charge is 0.497 e. The van der Waals surface area contributed by atoms with Crippen molar-refractivity contribution in [3.63, 3.8) is 0 Å². The molecule has 1 aliphatic heterocycles. The third-order valence-corrected chi connectivity index (χ3v) is 3.35. The van der Waals surface area contributed by atoms with Gasteiger partial charge in [-0.3, -0.25) is 4.79 Å². The summed E-state index contributed by atoms with van der Waals surface area (Å²) in [6, 6.07) is 5.70. The van der Waals surface area contributed by atoms with E-state index in [-0.39, 0.29) is 11.9 Å². The number of hydrogen-bond donors (Lipinski definition) is 0. The molecule has 16 heavy (non-hydrogen) atoms. The quantitative estimate of drug-likeness (QED) is 0.838. The third-order valence-electron chi connectivity index (χ3n) is 2.67. The van der Waals surface area contributed by atoms with Gasteiger partial charge in [-0.2, -0.15) is 0 Å². The zero-order chi connectivity index (χ0) is 11.5. The van der Waals surface area contributed by atoms with Gasteiger partial charge in [0, 0.05) is 17.3 Å². The fourth-order valence-corrected chi connectivity index (χ4v) is 2.39. The lowest BCUT2D eigenvalue weighted by Crippen LogP contribution is -2.19. The van der Waals surface area contributed by atoms with Crippen molar-refractivity contribution in [2.24, 2.45) is 0 Å². The molecule has 0 radical (unpaired) electrons. The van der Waals surface area contributed by atoms with E-state index in [9.17, 15) is 4.79 Å². The van der Waals surface area contributed by atoms with Crippen LogP contribution in [0.15, 0.2) is 22.7 Å². The van der Waals surface area contributed by atoms with Crippen LogP contribution >= 0.6 is 15.9 Å². The van der Waals surface area contributed by atoms with E-state index in [1.165, 1.54) is 0 Å². The molecule has 2 rings (SSSR count). The number of carbonyl (C=O) groups excluding carboxylic acids is 1. The molecule has 86 valence electrons. The van der Waals surface area contributed by atoms with Crippen LogP contribution in [0.2, 0.25) is 0 Å². The van der Waals surface area contributed by atoms with Crippen LogP contribution in [-0.2, 0) is 9.53 Å². The summed E-state index contributed by atoms with van der Waals surface area (Å²) in [5.74, 6) is 1.05. The van der Waals surface area contributed by atoms with E-state index in [0.717, 1.165) is 15.8 Å². The Morgan fingerprint density at radius 1 is 1.50 bits per heavy atom. The molecule has 0 spiro atoms. The molecule has 1 atom stereocenters. The van der Waals surface area contributed by atoms with Gasteiger partial charge in [-0.15, -0.1) is 0 Å². The zero-order valence-electron chi connectivity index (χ0n) is 9.03. The molecule has 1 heterocycles. The standard InChI is InChI=1S/C12H13BrO3/c1-15-9-2-3-10(11(13)7-9)12-6-8(14)4-5-16-12/h2-3,7,12H,4-6H2,1H3. The van der Waals surface area contributed by atoms with E-state index in [4.69, 9.17) is 9.47 Å². The SMILES string of the molecule is COc1ccc(C2CC(=O)CCO2)c(Br)c1. The first-order valence-corrected chi connectivity index (χ1v) is 5.96. The van der Waals surface area contributed by atoms with Gasteiger partial charge < -0.3 is 9.47 Å². The van der Waals surface area contributed by atoms with Crippen molar-refractivity contribution < 1.29 is 14.3 Å². The molecule has 1 aromatic carbocycles. The van der Waals surface area contributed by atoms with Gasteiger partial charge in [0.05, 0.1) is 19.8 Å². The fraction of sp³-hybridized carbons (Fsp3) is 0.417. The highest BCUT2D eigenvalue weighted by molar-refractivity contribution is 9.10. The van der Waals surface area contributed by atoms with Crippen LogP contribution in [0, 0.1) is 0 Å². The van der Waals surface area contributed by atoms with Crippen LogP contribution in [-0.4, -0.2) is 19.5 Å². The number of benzene rings is 1. The molecule has 0 aliphatic carbocycles. The highest BCUT2D eigenvalue weighted by atomic mass is 79.9. The van der Waals surface area contributed by atoms with Gasteiger partial charge >= 0.3 is 0 Å². The lowest BCUT2D eigenvalue weighted by Gasteiger charge is -2.23. The van der Waals surface area contributed by atoms with Gasteiger partial charge in [-0.25, -0.2) is 0 Å². The normalized spacial score (nSPS) is 20.9. The molecule has 4 heteroatoms. The van der Waals surface area contributed by atoms with Crippen molar-refractivity contribution >= 4 is 21.7 Å². The Labute approximate surface area is 103 Å². The fourth-order valence-electron chi connectivity index (χ4n) is 1.78. The smallest absolute Gasteiger partial charge is 0.138 e. The third kappa shape index (κ3) is 2.44. The van der Waals surface area contributed by atoms with E-state index in [1.54, 1.807) is 7.11 Å². The molecule has 0 bridgehead atoms. The number of halogens is 1. The van der Waals surface area contributed by atoms with Crippen molar-refractivity contribution in [3.05, 3.63) is 28.2 Å². The Hall–Kier alpha value is -0.870. The van der Waals surface area contributed by atoms with E-state index in [1.807, 2.05) is 18.2 Å². The van der Waals surface area contributed by atoms with E-state index < -0.39 is 0 Å². The van der Waals surface area contributed by atoms with Gasteiger partial charge in [-0.05, 0) is 17.7 Å². The van der Waals surface area contributed by atoms with E-state index in [0.29, 0.717) is 19.4 Å². The maximum atomic E-state index is 11.4. The maximum absolute atomic E-state index is 11.4.